The van der Waals surface area contributed by atoms with Gasteiger partial charge >= 0.3 is 0 Å². The molecular formula is C21H29ClN2O. The van der Waals surface area contributed by atoms with Crippen molar-refractivity contribution in [3.63, 3.8) is 0 Å². The predicted molar refractivity (Wildman–Crippen MR) is 107 cm³/mol. The summed E-state index contributed by atoms with van der Waals surface area (Å²) in [5, 5.41) is 3.16. The van der Waals surface area contributed by atoms with E-state index in [-0.39, 0.29) is 35.8 Å². The Morgan fingerprint density at radius 2 is 1.64 bits per heavy atom. The Kier molecular flexibility index (Phi) is 7.65. The first-order valence-corrected chi connectivity index (χ1v) is 8.47. The third-order valence-corrected chi connectivity index (χ3v) is 4.49. The molecule has 0 radical (unpaired) electrons. The summed E-state index contributed by atoms with van der Waals surface area (Å²) in [6, 6.07) is 17.7. The van der Waals surface area contributed by atoms with E-state index >= 15 is 0 Å². The van der Waals surface area contributed by atoms with E-state index in [0.29, 0.717) is 0 Å². The van der Waals surface area contributed by atoms with Gasteiger partial charge in [0.05, 0.1) is 5.92 Å². The lowest BCUT2D eigenvalue weighted by molar-refractivity contribution is -0.126. The van der Waals surface area contributed by atoms with E-state index in [2.05, 4.69) is 38.2 Å². The van der Waals surface area contributed by atoms with Crippen LogP contribution in [0.25, 0.3) is 0 Å². The normalized spacial score (nSPS) is 13.5. The van der Waals surface area contributed by atoms with Crippen LogP contribution in [-0.4, -0.2) is 11.4 Å². The van der Waals surface area contributed by atoms with Crippen LogP contribution in [0.3, 0.4) is 0 Å². The van der Waals surface area contributed by atoms with Gasteiger partial charge in [-0.1, -0.05) is 61.5 Å². The third-order valence-electron chi connectivity index (χ3n) is 4.49. The van der Waals surface area contributed by atoms with E-state index in [9.17, 15) is 4.79 Å². The first kappa shape index (κ1) is 21.2. The highest BCUT2D eigenvalue weighted by molar-refractivity contribution is 5.85. The molecule has 2 rings (SSSR count). The summed E-state index contributed by atoms with van der Waals surface area (Å²) < 4.78 is 0. The SMILES string of the molecule is Cc1ccccc1CC(C)(C)NC(=O)C(C)C(N)c1ccccc1.Cl. The number of rotatable bonds is 6. The molecular weight excluding hydrogens is 332 g/mol. The van der Waals surface area contributed by atoms with E-state index < -0.39 is 0 Å². The van der Waals surface area contributed by atoms with Gasteiger partial charge in [-0.2, -0.15) is 0 Å². The van der Waals surface area contributed by atoms with E-state index in [4.69, 9.17) is 5.73 Å². The van der Waals surface area contributed by atoms with Crippen molar-refractivity contribution >= 4 is 18.3 Å². The number of halogens is 1. The predicted octanol–water partition coefficient (Wildman–Crippen LogP) is 4.19. The number of carbonyl (C=O) groups is 1. The van der Waals surface area contributed by atoms with Crippen molar-refractivity contribution in [2.75, 3.05) is 0 Å². The number of nitrogens with one attached hydrogen (secondary N) is 1. The Morgan fingerprint density at radius 1 is 1.08 bits per heavy atom. The zero-order valence-corrected chi connectivity index (χ0v) is 16.3. The highest BCUT2D eigenvalue weighted by atomic mass is 35.5. The first-order chi connectivity index (χ1) is 11.3. The summed E-state index contributed by atoms with van der Waals surface area (Å²) >= 11 is 0. The number of carbonyl (C=O) groups excluding carboxylic acids is 1. The average Bonchev–Trinajstić information content (AvgIpc) is 2.55. The van der Waals surface area contributed by atoms with Crippen LogP contribution in [0, 0.1) is 12.8 Å². The van der Waals surface area contributed by atoms with Gasteiger partial charge in [-0.3, -0.25) is 4.79 Å². The highest BCUT2D eigenvalue weighted by Crippen LogP contribution is 2.21. The van der Waals surface area contributed by atoms with Gasteiger partial charge < -0.3 is 11.1 Å². The number of hydrogen-bond acceptors (Lipinski definition) is 2. The van der Waals surface area contributed by atoms with E-state index in [1.165, 1.54) is 11.1 Å². The molecule has 3 N–H and O–H groups in total. The first-order valence-electron chi connectivity index (χ1n) is 8.47. The largest absolute Gasteiger partial charge is 0.351 e. The Hall–Kier alpha value is -1.84. The second-order valence-electron chi connectivity index (χ2n) is 7.20. The molecule has 0 heterocycles. The van der Waals surface area contributed by atoms with Crippen molar-refractivity contribution < 1.29 is 4.79 Å². The molecule has 2 atom stereocenters. The average molecular weight is 361 g/mol. The van der Waals surface area contributed by atoms with Gasteiger partial charge in [0.2, 0.25) is 5.91 Å². The Bertz CT molecular complexity index is 685. The van der Waals surface area contributed by atoms with Gasteiger partial charge in [0.1, 0.15) is 0 Å². The van der Waals surface area contributed by atoms with Gasteiger partial charge in [-0.25, -0.2) is 0 Å². The molecule has 3 nitrogen and oxygen atoms in total. The van der Waals surface area contributed by atoms with Crippen LogP contribution < -0.4 is 11.1 Å². The fourth-order valence-corrected chi connectivity index (χ4v) is 2.90. The highest BCUT2D eigenvalue weighted by Gasteiger charge is 2.28. The topological polar surface area (TPSA) is 55.1 Å². The van der Waals surface area contributed by atoms with Crippen LogP contribution >= 0.6 is 12.4 Å². The number of benzene rings is 2. The second-order valence-corrected chi connectivity index (χ2v) is 7.20. The number of amides is 1. The van der Waals surface area contributed by atoms with E-state index in [0.717, 1.165) is 12.0 Å². The maximum absolute atomic E-state index is 12.7. The molecule has 0 saturated carbocycles. The van der Waals surface area contributed by atoms with Crippen LogP contribution in [0.4, 0.5) is 0 Å². The molecule has 0 aliphatic rings. The molecule has 0 fully saturated rings. The molecule has 0 aliphatic heterocycles. The fraction of sp³-hybridized carbons (Fsp3) is 0.381. The zero-order valence-electron chi connectivity index (χ0n) is 15.5. The third kappa shape index (κ3) is 5.87. The lowest BCUT2D eigenvalue weighted by Crippen LogP contribution is -2.48. The lowest BCUT2D eigenvalue weighted by atomic mass is 9.90. The minimum Gasteiger partial charge on any atom is -0.351 e. The van der Waals surface area contributed by atoms with Gasteiger partial charge in [-0.15, -0.1) is 12.4 Å². The molecule has 0 saturated heterocycles. The molecule has 1 amide bonds. The van der Waals surface area contributed by atoms with Crippen molar-refractivity contribution in [1.29, 1.82) is 0 Å². The van der Waals surface area contributed by atoms with Crippen molar-refractivity contribution in [2.45, 2.75) is 45.7 Å². The molecule has 4 heteroatoms. The zero-order chi connectivity index (χ0) is 17.7. The van der Waals surface area contributed by atoms with Crippen LogP contribution in [0.5, 0.6) is 0 Å². The molecule has 0 spiro atoms. The molecule has 0 aliphatic carbocycles. The molecule has 2 aromatic rings. The van der Waals surface area contributed by atoms with Gasteiger partial charge in [0.25, 0.3) is 0 Å². The summed E-state index contributed by atoms with van der Waals surface area (Å²) in [5.41, 5.74) is 9.43. The molecule has 0 aromatic heterocycles. The quantitative estimate of drug-likeness (QED) is 0.811. The van der Waals surface area contributed by atoms with Crippen molar-refractivity contribution in [3.8, 4) is 0 Å². The number of hydrogen-bond donors (Lipinski definition) is 2. The summed E-state index contributed by atoms with van der Waals surface area (Å²) in [7, 11) is 0. The maximum Gasteiger partial charge on any atom is 0.225 e. The van der Waals surface area contributed by atoms with Gasteiger partial charge in [-0.05, 0) is 43.9 Å². The molecule has 2 aromatic carbocycles. The maximum atomic E-state index is 12.7. The van der Waals surface area contributed by atoms with Crippen LogP contribution in [0.2, 0.25) is 0 Å². The van der Waals surface area contributed by atoms with Crippen molar-refractivity contribution in [1.82, 2.24) is 5.32 Å². The standard InChI is InChI=1S/C21H28N2O.ClH/c1-15-10-8-9-13-18(15)14-21(3,4)23-20(24)16(2)19(22)17-11-6-5-7-12-17;/h5-13,16,19H,14,22H2,1-4H3,(H,23,24);1H. The summed E-state index contributed by atoms with van der Waals surface area (Å²) in [5.74, 6) is -0.298. The Labute approximate surface area is 157 Å². The van der Waals surface area contributed by atoms with Gasteiger partial charge in [0.15, 0.2) is 0 Å². The van der Waals surface area contributed by atoms with Gasteiger partial charge in [0, 0.05) is 11.6 Å². The molecule has 0 bridgehead atoms. The minimum atomic E-state index is -0.326. The molecule has 136 valence electrons. The molecule has 2 unspecified atom stereocenters. The monoisotopic (exact) mass is 360 g/mol. The van der Waals surface area contributed by atoms with Crippen LogP contribution in [0.15, 0.2) is 54.6 Å². The molecule has 25 heavy (non-hydrogen) atoms. The summed E-state index contributed by atoms with van der Waals surface area (Å²) in [6.07, 6.45) is 0.790. The van der Waals surface area contributed by atoms with E-state index in [1.54, 1.807) is 0 Å². The second kappa shape index (κ2) is 9.02. The van der Waals surface area contributed by atoms with Crippen LogP contribution in [0.1, 0.15) is 43.5 Å². The summed E-state index contributed by atoms with van der Waals surface area (Å²) in [6.45, 7) is 8.09. The lowest BCUT2D eigenvalue weighted by Gasteiger charge is -2.30. The Morgan fingerprint density at radius 3 is 2.24 bits per heavy atom. The smallest absolute Gasteiger partial charge is 0.225 e. The minimum absolute atomic E-state index is 0. The fourth-order valence-electron chi connectivity index (χ4n) is 2.90. The van der Waals surface area contributed by atoms with E-state index in [1.807, 2.05) is 49.4 Å². The number of nitrogens with two attached hydrogens (primary N) is 1. The Balaban J connectivity index is 0.00000312. The summed E-state index contributed by atoms with van der Waals surface area (Å²) in [4.78, 5) is 12.7. The van der Waals surface area contributed by atoms with Crippen molar-refractivity contribution in [3.05, 3.63) is 71.3 Å². The number of aryl methyl sites for hydroxylation is 1. The van der Waals surface area contributed by atoms with Crippen LogP contribution in [-0.2, 0) is 11.2 Å². The van der Waals surface area contributed by atoms with Crippen molar-refractivity contribution in [2.24, 2.45) is 11.7 Å².